The zero-order valence-electron chi connectivity index (χ0n) is 11.6. The van der Waals surface area contributed by atoms with Gasteiger partial charge in [0.15, 0.2) is 6.04 Å². The van der Waals surface area contributed by atoms with Crippen LogP contribution < -0.4 is 5.32 Å². The quantitative estimate of drug-likeness (QED) is 0.870. The number of nitrogens with zero attached hydrogens (tertiary/aromatic N) is 2. The number of benzene rings is 1. The summed E-state index contributed by atoms with van der Waals surface area (Å²) < 4.78 is 19.6. The minimum absolute atomic E-state index is 0.374. The minimum atomic E-state index is -0.726. The van der Waals surface area contributed by atoms with Crippen LogP contribution in [0.5, 0.6) is 0 Å². The van der Waals surface area contributed by atoms with E-state index in [2.05, 4.69) is 10.4 Å². The molecule has 1 heterocycles. The zero-order valence-corrected chi connectivity index (χ0v) is 11.6. The highest BCUT2D eigenvalue weighted by atomic mass is 19.1. The second kappa shape index (κ2) is 5.73. The number of anilines is 1. The third-order valence-corrected chi connectivity index (χ3v) is 2.93. The molecule has 2 aromatic rings. The molecule has 2 rings (SSSR count). The molecule has 0 aliphatic carbocycles. The van der Waals surface area contributed by atoms with E-state index < -0.39 is 12.0 Å². The summed E-state index contributed by atoms with van der Waals surface area (Å²) in [5, 5.41) is 7.18. The maximum Gasteiger partial charge on any atom is 0.333 e. The van der Waals surface area contributed by atoms with Gasteiger partial charge in [-0.2, -0.15) is 5.10 Å². The van der Waals surface area contributed by atoms with Crippen molar-refractivity contribution < 1.29 is 13.9 Å². The van der Waals surface area contributed by atoms with Crippen LogP contribution in [-0.2, 0) is 16.6 Å². The number of aromatic nitrogens is 2. The van der Waals surface area contributed by atoms with Crippen molar-refractivity contribution in [3.63, 3.8) is 0 Å². The minimum Gasteiger partial charge on any atom is -0.467 e. The lowest BCUT2D eigenvalue weighted by atomic mass is 10.1. The van der Waals surface area contributed by atoms with Crippen molar-refractivity contribution in [2.45, 2.75) is 13.0 Å². The van der Waals surface area contributed by atoms with E-state index in [0.29, 0.717) is 16.9 Å². The smallest absolute Gasteiger partial charge is 0.333 e. The van der Waals surface area contributed by atoms with Crippen LogP contribution in [0.4, 0.5) is 10.1 Å². The number of hydrogen-bond acceptors (Lipinski definition) is 4. The third kappa shape index (κ3) is 2.96. The molecule has 1 aromatic carbocycles. The highest BCUT2D eigenvalue weighted by molar-refractivity contribution is 5.81. The Balaban J connectivity index is 2.34. The van der Waals surface area contributed by atoms with E-state index in [0.717, 1.165) is 0 Å². The van der Waals surface area contributed by atoms with E-state index in [1.54, 1.807) is 37.0 Å². The third-order valence-electron chi connectivity index (χ3n) is 2.93. The fraction of sp³-hybridized carbons (Fsp3) is 0.286. The first-order chi connectivity index (χ1) is 9.51. The average Bonchev–Trinajstić information content (AvgIpc) is 2.74. The topological polar surface area (TPSA) is 56.1 Å². The molecule has 0 amide bonds. The normalized spacial score (nSPS) is 12.0. The Morgan fingerprint density at radius 1 is 1.50 bits per heavy atom. The molecule has 6 heteroatoms. The molecule has 1 atom stereocenters. The second-order valence-corrected chi connectivity index (χ2v) is 4.45. The summed E-state index contributed by atoms with van der Waals surface area (Å²) in [6, 6.07) is 5.19. The van der Waals surface area contributed by atoms with Crippen LogP contribution >= 0.6 is 0 Å². The molecule has 1 aromatic heterocycles. The van der Waals surface area contributed by atoms with Gasteiger partial charge in [-0.15, -0.1) is 0 Å². The van der Waals surface area contributed by atoms with Gasteiger partial charge in [-0.05, 0) is 25.1 Å². The predicted molar refractivity (Wildman–Crippen MR) is 72.7 cm³/mol. The van der Waals surface area contributed by atoms with E-state index in [-0.39, 0.29) is 5.82 Å². The van der Waals surface area contributed by atoms with Gasteiger partial charge in [0.05, 0.1) is 12.8 Å². The van der Waals surface area contributed by atoms with Crippen LogP contribution in [0.25, 0.3) is 0 Å². The van der Waals surface area contributed by atoms with E-state index in [1.165, 1.54) is 19.2 Å². The Morgan fingerprint density at radius 3 is 2.80 bits per heavy atom. The maximum atomic E-state index is 13.2. The fourth-order valence-corrected chi connectivity index (χ4v) is 2.03. The van der Waals surface area contributed by atoms with Crippen molar-refractivity contribution in [3.05, 3.63) is 47.5 Å². The van der Waals surface area contributed by atoms with Crippen LogP contribution in [0, 0.1) is 12.7 Å². The lowest BCUT2D eigenvalue weighted by Crippen LogP contribution is -2.22. The predicted octanol–water partition coefficient (Wildman–Crippen LogP) is 2.19. The first-order valence-electron chi connectivity index (χ1n) is 6.11. The number of esters is 1. The van der Waals surface area contributed by atoms with E-state index >= 15 is 0 Å². The number of rotatable bonds is 4. The number of nitrogens with one attached hydrogen (secondary N) is 1. The SMILES string of the molecule is COC(=O)C(Nc1cccc(F)c1)c1cn(C)nc1C. The van der Waals surface area contributed by atoms with E-state index in [9.17, 15) is 9.18 Å². The molecule has 0 bridgehead atoms. The number of hydrogen-bond donors (Lipinski definition) is 1. The highest BCUT2D eigenvalue weighted by Crippen LogP contribution is 2.23. The number of halogens is 1. The van der Waals surface area contributed by atoms with Gasteiger partial charge in [-0.1, -0.05) is 6.07 Å². The van der Waals surface area contributed by atoms with E-state index in [1.807, 2.05) is 0 Å². The molecule has 0 fully saturated rings. The molecule has 1 unspecified atom stereocenters. The number of aryl methyl sites for hydroxylation is 2. The largest absolute Gasteiger partial charge is 0.467 e. The van der Waals surface area contributed by atoms with E-state index in [4.69, 9.17) is 4.74 Å². The van der Waals surface area contributed by atoms with Crippen molar-refractivity contribution in [1.29, 1.82) is 0 Å². The second-order valence-electron chi connectivity index (χ2n) is 4.45. The molecule has 5 nitrogen and oxygen atoms in total. The number of methoxy groups -OCH3 is 1. The van der Waals surface area contributed by atoms with Gasteiger partial charge in [0.1, 0.15) is 5.82 Å². The van der Waals surface area contributed by atoms with Gasteiger partial charge in [0.25, 0.3) is 0 Å². The summed E-state index contributed by atoms with van der Waals surface area (Å²) in [6.45, 7) is 1.80. The fourth-order valence-electron chi connectivity index (χ4n) is 2.03. The standard InChI is InChI=1S/C14H16FN3O2/c1-9-12(8-18(2)17-9)13(14(19)20-3)16-11-6-4-5-10(15)7-11/h4-8,13,16H,1-3H3. The van der Waals surface area contributed by atoms with Gasteiger partial charge in [-0.3, -0.25) is 4.68 Å². The molecule has 106 valence electrons. The molecule has 0 radical (unpaired) electrons. The van der Waals surface area contributed by atoms with Gasteiger partial charge in [-0.25, -0.2) is 9.18 Å². The van der Waals surface area contributed by atoms with Gasteiger partial charge in [0, 0.05) is 24.5 Å². The Hall–Kier alpha value is -2.37. The van der Waals surface area contributed by atoms with Crippen molar-refractivity contribution in [2.75, 3.05) is 12.4 Å². The lowest BCUT2D eigenvalue weighted by Gasteiger charge is -2.17. The summed E-state index contributed by atoms with van der Waals surface area (Å²) in [6.07, 6.45) is 1.74. The number of ether oxygens (including phenoxy) is 1. The van der Waals surface area contributed by atoms with Crippen molar-refractivity contribution >= 4 is 11.7 Å². The number of carbonyl (C=O) groups is 1. The highest BCUT2D eigenvalue weighted by Gasteiger charge is 2.25. The molecular formula is C14H16FN3O2. The first-order valence-corrected chi connectivity index (χ1v) is 6.11. The van der Waals surface area contributed by atoms with Crippen LogP contribution in [0.2, 0.25) is 0 Å². The maximum absolute atomic E-state index is 13.2. The molecule has 1 N–H and O–H groups in total. The Kier molecular flexibility index (Phi) is 4.02. The summed E-state index contributed by atoms with van der Waals surface area (Å²) >= 11 is 0. The molecule has 0 spiro atoms. The Bertz CT molecular complexity index is 625. The van der Waals surface area contributed by atoms with Crippen molar-refractivity contribution in [2.24, 2.45) is 7.05 Å². The van der Waals surface area contributed by atoms with Gasteiger partial charge < -0.3 is 10.1 Å². The van der Waals surface area contributed by atoms with Crippen LogP contribution in [0.15, 0.2) is 30.5 Å². The van der Waals surface area contributed by atoms with Crippen molar-refractivity contribution in [3.8, 4) is 0 Å². The molecule has 0 aliphatic rings. The number of carbonyl (C=O) groups excluding carboxylic acids is 1. The summed E-state index contributed by atoms with van der Waals surface area (Å²) in [7, 11) is 3.08. The van der Waals surface area contributed by atoms with Crippen molar-refractivity contribution in [1.82, 2.24) is 9.78 Å². The van der Waals surface area contributed by atoms with Crippen LogP contribution in [-0.4, -0.2) is 22.9 Å². The van der Waals surface area contributed by atoms with Crippen LogP contribution in [0.3, 0.4) is 0 Å². The summed E-state index contributed by atoms with van der Waals surface area (Å²) in [5.41, 5.74) is 1.92. The molecular weight excluding hydrogens is 261 g/mol. The summed E-state index contributed by atoms with van der Waals surface area (Å²) in [4.78, 5) is 11.9. The molecule has 0 saturated carbocycles. The molecule has 0 saturated heterocycles. The van der Waals surface area contributed by atoms with Gasteiger partial charge >= 0.3 is 5.97 Å². The molecule has 20 heavy (non-hydrogen) atoms. The monoisotopic (exact) mass is 277 g/mol. The summed E-state index contributed by atoms with van der Waals surface area (Å²) in [5.74, 6) is -0.827. The lowest BCUT2D eigenvalue weighted by molar-refractivity contribution is -0.141. The zero-order chi connectivity index (χ0) is 14.7. The molecule has 0 aliphatic heterocycles. The first kappa shape index (κ1) is 14.0. The Morgan fingerprint density at radius 2 is 2.25 bits per heavy atom. The van der Waals surface area contributed by atoms with Gasteiger partial charge in [0.2, 0.25) is 0 Å². The average molecular weight is 277 g/mol. The Labute approximate surface area is 116 Å². The van der Waals surface area contributed by atoms with Crippen LogP contribution in [0.1, 0.15) is 17.3 Å².